The molecule has 0 aromatic heterocycles. The Bertz CT molecular complexity index is 508. The van der Waals surface area contributed by atoms with Crippen LogP contribution in [-0.4, -0.2) is 47.2 Å². The molecule has 1 saturated carbocycles. The fourth-order valence-corrected chi connectivity index (χ4v) is 15.8. The van der Waals surface area contributed by atoms with Crippen molar-refractivity contribution in [2.75, 3.05) is 6.61 Å². The summed E-state index contributed by atoms with van der Waals surface area (Å²) in [6.07, 6.45) is -3.40. The lowest BCUT2D eigenvalue weighted by Gasteiger charge is -2.51. The molecule has 0 amide bonds. The van der Waals surface area contributed by atoms with Crippen LogP contribution in [0.15, 0.2) is 12.2 Å². The molecule has 1 saturated heterocycles. The van der Waals surface area contributed by atoms with E-state index in [9.17, 15) is 9.50 Å². The normalized spacial score (nSPS) is 34.5. The smallest absolute Gasteiger partial charge is 0.335 e. The molecule has 0 spiro atoms. The van der Waals surface area contributed by atoms with Gasteiger partial charge in [-0.2, -0.15) is 0 Å². The van der Waals surface area contributed by atoms with Gasteiger partial charge in [-0.25, -0.2) is 4.39 Å². The Balaban J connectivity index is 2.59. The number of alkyl halides is 1. The largest absolute Gasteiger partial charge is 0.414 e. The van der Waals surface area contributed by atoms with Gasteiger partial charge in [-0.3, -0.25) is 0 Å². The van der Waals surface area contributed by atoms with E-state index in [1.165, 1.54) is 0 Å². The number of hydrogen-bond donors (Lipinski definition) is 1. The maximum absolute atomic E-state index is 14.9. The minimum Gasteiger partial charge on any atom is -0.414 e. The van der Waals surface area contributed by atoms with Gasteiger partial charge in [0.05, 0.1) is 6.10 Å². The first-order valence-electron chi connectivity index (χ1n) is 9.93. The van der Waals surface area contributed by atoms with Gasteiger partial charge in [0.2, 0.25) is 0 Å². The van der Waals surface area contributed by atoms with Crippen LogP contribution in [0.4, 0.5) is 4.39 Å². The average Bonchev–Trinajstić information content (AvgIpc) is 2.70. The van der Waals surface area contributed by atoms with Crippen molar-refractivity contribution in [2.24, 2.45) is 5.92 Å². The lowest BCUT2D eigenvalue weighted by atomic mass is 10.0. The number of aliphatic hydroxyl groups is 1. The minimum atomic E-state index is -2.82. The maximum Gasteiger partial charge on any atom is 0.335 e. The highest BCUT2D eigenvalue weighted by Gasteiger charge is 2.61. The molecule has 4 nitrogen and oxygen atoms in total. The molecule has 4 atom stereocenters. The van der Waals surface area contributed by atoms with Crippen molar-refractivity contribution >= 4 is 17.1 Å². The third-order valence-electron chi connectivity index (χ3n) is 6.21. The standard InChI is InChI=1S/C19H37FO4Si2/c1-11(2)25(12(3)4)22-10-16-15(9)18(21)17(20)19(16)23-26(24-25,13(5)6)14(7)8/h11-14,16-19,21H,9-10H2,1-8H3/t16-,17+,18-,19+/m0/s1. The van der Waals surface area contributed by atoms with Gasteiger partial charge in [0, 0.05) is 12.5 Å². The first kappa shape index (κ1) is 22.2. The third kappa shape index (κ3) is 3.39. The molecule has 0 aromatic rings. The summed E-state index contributed by atoms with van der Waals surface area (Å²) in [5.41, 5.74) is 1.27. The molecule has 1 aliphatic carbocycles. The molecule has 1 aliphatic heterocycles. The molecule has 0 radical (unpaired) electrons. The Morgan fingerprint density at radius 1 is 0.962 bits per heavy atom. The SMILES string of the molecule is C=C1[C@H](O)[C@@H](F)[C@@H]2O[Si](C(C)C)(C(C)C)O[Si](C(C)C)(C(C)C)OC[C@@H]12. The second kappa shape index (κ2) is 7.75. The summed E-state index contributed by atoms with van der Waals surface area (Å²) >= 11 is 0. The Morgan fingerprint density at radius 3 is 1.85 bits per heavy atom. The summed E-state index contributed by atoms with van der Waals surface area (Å²) in [5, 5.41) is 10.3. The molecule has 152 valence electrons. The van der Waals surface area contributed by atoms with Crippen LogP contribution in [0, 0.1) is 5.92 Å². The van der Waals surface area contributed by atoms with Crippen molar-refractivity contribution in [1.29, 1.82) is 0 Å². The van der Waals surface area contributed by atoms with Crippen LogP contribution < -0.4 is 0 Å². The molecular formula is C19H37FO4Si2. The molecule has 0 aromatic carbocycles. The van der Waals surface area contributed by atoms with Gasteiger partial charge in [0.15, 0.2) is 6.17 Å². The minimum absolute atomic E-state index is 0.146. The van der Waals surface area contributed by atoms with Gasteiger partial charge in [0.25, 0.3) is 0 Å². The number of aliphatic hydroxyl groups excluding tert-OH is 1. The summed E-state index contributed by atoms with van der Waals surface area (Å²) in [4.78, 5) is 0. The summed E-state index contributed by atoms with van der Waals surface area (Å²) in [5.74, 6) is -0.322. The topological polar surface area (TPSA) is 47.9 Å². The fourth-order valence-electron chi connectivity index (χ4n) is 4.53. The van der Waals surface area contributed by atoms with Gasteiger partial charge in [-0.15, -0.1) is 0 Å². The van der Waals surface area contributed by atoms with Gasteiger partial charge >= 0.3 is 17.1 Å². The van der Waals surface area contributed by atoms with Crippen molar-refractivity contribution in [2.45, 2.75) is 95.9 Å². The lowest BCUT2D eigenvalue weighted by Crippen LogP contribution is -2.65. The van der Waals surface area contributed by atoms with Crippen molar-refractivity contribution in [3.8, 4) is 0 Å². The average molecular weight is 405 g/mol. The maximum atomic E-state index is 14.9. The van der Waals surface area contributed by atoms with E-state index in [0.29, 0.717) is 12.2 Å². The molecule has 1 heterocycles. The predicted octanol–water partition coefficient (Wildman–Crippen LogP) is 4.83. The first-order chi connectivity index (χ1) is 11.9. The Morgan fingerprint density at radius 2 is 1.42 bits per heavy atom. The summed E-state index contributed by atoms with van der Waals surface area (Å²) in [6, 6.07) is 0. The Labute approximate surface area is 160 Å². The van der Waals surface area contributed by atoms with Crippen LogP contribution in [-0.2, 0) is 13.0 Å². The van der Waals surface area contributed by atoms with Crippen LogP contribution in [0.2, 0.25) is 22.2 Å². The highest BCUT2D eigenvalue weighted by molar-refractivity contribution is 6.83. The zero-order chi connectivity index (χ0) is 20.0. The van der Waals surface area contributed by atoms with E-state index in [1.807, 2.05) is 0 Å². The molecule has 0 bridgehead atoms. The van der Waals surface area contributed by atoms with E-state index < -0.39 is 35.5 Å². The van der Waals surface area contributed by atoms with Crippen molar-refractivity contribution in [3.05, 3.63) is 12.2 Å². The second-order valence-corrected chi connectivity index (χ2v) is 18.0. The van der Waals surface area contributed by atoms with Gasteiger partial charge in [-0.05, 0) is 27.7 Å². The van der Waals surface area contributed by atoms with E-state index in [4.69, 9.17) is 13.0 Å². The molecular weight excluding hydrogens is 367 g/mol. The monoisotopic (exact) mass is 404 g/mol. The highest BCUT2D eigenvalue weighted by atomic mass is 28.5. The van der Waals surface area contributed by atoms with Crippen LogP contribution in [0.3, 0.4) is 0 Å². The summed E-state index contributed by atoms with van der Waals surface area (Å²) in [7, 11) is -5.45. The molecule has 7 heteroatoms. The number of halogens is 1. The third-order valence-corrected chi connectivity index (χ3v) is 16.5. The Hall–Kier alpha value is -0.0562. The van der Waals surface area contributed by atoms with E-state index in [-0.39, 0.29) is 28.1 Å². The molecule has 0 unspecified atom stereocenters. The molecule has 1 N–H and O–H groups in total. The zero-order valence-corrected chi connectivity index (χ0v) is 19.6. The number of hydrogen-bond acceptors (Lipinski definition) is 4. The second-order valence-electron chi connectivity index (χ2n) is 9.13. The zero-order valence-electron chi connectivity index (χ0n) is 17.6. The van der Waals surface area contributed by atoms with E-state index >= 15 is 0 Å². The van der Waals surface area contributed by atoms with Crippen molar-refractivity contribution in [3.63, 3.8) is 0 Å². The molecule has 26 heavy (non-hydrogen) atoms. The van der Waals surface area contributed by atoms with E-state index in [1.54, 1.807) is 0 Å². The van der Waals surface area contributed by atoms with Crippen LogP contribution in [0.25, 0.3) is 0 Å². The van der Waals surface area contributed by atoms with Gasteiger partial charge in [-0.1, -0.05) is 62.0 Å². The molecule has 2 rings (SSSR count). The van der Waals surface area contributed by atoms with Gasteiger partial charge < -0.3 is 18.1 Å². The summed E-state index contributed by atoms with van der Waals surface area (Å²) < 4.78 is 35.1. The summed E-state index contributed by atoms with van der Waals surface area (Å²) in [6.45, 7) is 21.3. The Kier molecular flexibility index (Phi) is 6.63. The van der Waals surface area contributed by atoms with E-state index in [2.05, 4.69) is 62.0 Å². The van der Waals surface area contributed by atoms with Crippen LogP contribution >= 0.6 is 0 Å². The fraction of sp³-hybridized carbons (Fsp3) is 0.895. The molecule has 2 fully saturated rings. The molecule has 2 aliphatic rings. The van der Waals surface area contributed by atoms with E-state index in [0.717, 1.165) is 0 Å². The first-order valence-corrected chi connectivity index (χ1v) is 13.9. The quantitative estimate of drug-likeness (QED) is 0.539. The highest BCUT2D eigenvalue weighted by Crippen LogP contribution is 2.49. The lowest BCUT2D eigenvalue weighted by molar-refractivity contribution is -0.00437. The number of fused-ring (bicyclic) bond motifs is 1. The van der Waals surface area contributed by atoms with Gasteiger partial charge in [0.1, 0.15) is 6.10 Å². The van der Waals surface area contributed by atoms with Crippen LogP contribution in [0.5, 0.6) is 0 Å². The predicted molar refractivity (Wildman–Crippen MR) is 107 cm³/mol. The number of rotatable bonds is 4. The van der Waals surface area contributed by atoms with Crippen LogP contribution in [0.1, 0.15) is 55.4 Å². The van der Waals surface area contributed by atoms with Crippen molar-refractivity contribution in [1.82, 2.24) is 0 Å². The van der Waals surface area contributed by atoms with Crippen molar-refractivity contribution < 1.29 is 22.5 Å².